The van der Waals surface area contributed by atoms with Gasteiger partial charge in [0.15, 0.2) is 5.96 Å². The number of piperidine rings is 1. The number of likely N-dealkylation sites (tertiary alicyclic amines) is 1. The van der Waals surface area contributed by atoms with Crippen molar-refractivity contribution in [3.8, 4) is 5.75 Å². The van der Waals surface area contributed by atoms with Gasteiger partial charge in [0.05, 0.1) is 17.2 Å². The van der Waals surface area contributed by atoms with Crippen molar-refractivity contribution >= 4 is 41.3 Å². The van der Waals surface area contributed by atoms with E-state index in [1.807, 2.05) is 6.92 Å². The van der Waals surface area contributed by atoms with Crippen molar-refractivity contribution in [2.75, 3.05) is 33.2 Å². The van der Waals surface area contributed by atoms with Crippen molar-refractivity contribution in [1.29, 1.82) is 0 Å². The molecular formula is C23H35FIN5OS. The molecule has 0 saturated carbocycles. The molecule has 1 aliphatic heterocycles. The van der Waals surface area contributed by atoms with Crippen molar-refractivity contribution < 1.29 is 9.13 Å². The standard InChI is InChI=1S/C23H34FN5OS.HI/c1-4-22-28-20(16-31-22)15-29-10-8-18(9-11-29)14-27-23(25-3)26-13-17(2)30-21-7-5-6-19(24)12-21;/h5-7,12,16-18H,4,8-11,13-15H2,1-3H3,(H2,25,26,27);1H. The molecule has 9 heteroatoms. The molecule has 0 radical (unpaired) electrons. The fourth-order valence-electron chi connectivity index (χ4n) is 3.68. The maximum absolute atomic E-state index is 13.3. The Balaban J connectivity index is 0.00000363. The summed E-state index contributed by atoms with van der Waals surface area (Å²) in [6.45, 7) is 8.77. The van der Waals surface area contributed by atoms with Gasteiger partial charge < -0.3 is 15.4 Å². The maximum Gasteiger partial charge on any atom is 0.191 e. The van der Waals surface area contributed by atoms with Crippen molar-refractivity contribution in [2.45, 2.75) is 45.8 Å². The molecule has 2 heterocycles. The van der Waals surface area contributed by atoms with Crippen molar-refractivity contribution in [3.63, 3.8) is 0 Å². The first kappa shape index (κ1) is 26.8. The number of hydrogen-bond acceptors (Lipinski definition) is 5. The zero-order chi connectivity index (χ0) is 22.1. The van der Waals surface area contributed by atoms with Gasteiger partial charge in [-0.05, 0) is 57.3 Å². The molecule has 3 rings (SSSR count). The smallest absolute Gasteiger partial charge is 0.191 e. The van der Waals surface area contributed by atoms with Crippen LogP contribution >= 0.6 is 35.3 Å². The molecule has 6 nitrogen and oxygen atoms in total. The Hall–Kier alpha value is -1.46. The van der Waals surface area contributed by atoms with E-state index in [0.29, 0.717) is 18.2 Å². The Morgan fingerprint density at radius 3 is 2.78 bits per heavy atom. The molecular weight excluding hydrogens is 540 g/mol. The van der Waals surface area contributed by atoms with Crippen LogP contribution in [0.25, 0.3) is 0 Å². The van der Waals surface area contributed by atoms with Crippen LogP contribution in [0, 0.1) is 11.7 Å². The highest BCUT2D eigenvalue weighted by Gasteiger charge is 2.20. The molecule has 1 unspecified atom stereocenters. The average molecular weight is 576 g/mol. The molecule has 1 saturated heterocycles. The molecule has 0 spiro atoms. The minimum absolute atomic E-state index is 0. The van der Waals surface area contributed by atoms with E-state index in [1.54, 1.807) is 30.5 Å². The number of benzene rings is 1. The van der Waals surface area contributed by atoms with Crippen molar-refractivity contribution in [1.82, 2.24) is 20.5 Å². The van der Waals surface area contributed by atoms with Gasteiger partial charge >= 0.3 is 0 Å². The molecule has 0 bridgehead atoms. The van der Waals surface area contributed by atoms with E-state index in [4.69, 9.17) is 4.74 Å². The molecule has 1 fully saturated rings. The Morgan fingerprint density at radius 2 is 2.12 bits per heavy atom. The summed E-state index contributed by atoms with van der Waals surface area (Å²) in [6, 6.07) is 6.21. The third kappa shape index (κ3) is 8.82. The number of nitrogens with one attached hydrogen (secondary N) is 2. The SMILES string of the molecule is CCc1nc(CN2CCC(CNC(=NC)NCC(C)Oc3cccc(F)c3)CC2)cs1.I. The highest BCUT2D eigenvalue weighted by molar-refractivity contribution is 14.0. The summed E-state index contributed by atoms with van der Waals surface area (Å²) >= 11 is 1.77. The van der Waals surface area contributed by atoms with Crippen LogP contribution in [0.15, 0.2) is 34.6 Å². The Kier molecular flexibility index (Phi) is 11.7. The number of ether oxygens (including phenoxy) is 1. The molecule has 32 heavy (non-hydrogen) atoms. The largest absolute Gasteiger partial charge is 0.489 e. The van der Waals surface area contributed by atoms with E-state index in [2.05, 4.69) is 37.8 Å². The number of aromatic nitrogens is 1. The summed E-state index contributed by atoms with van der Waals surface area (Å²) in [6.07, 6.45) is 3.26. The average Bonchev–Trinajstić information content (AvgIpc) is 3.22. The van der Waals surface area contributed by atoms with Crippen molar-refractivity contribution in [3.05, 3.63) is 46.2 Å². The molecule has 178 valence electrons. The molecule has 1 aliphatic rings. The zero-order valence-corrected chi connectivity index (χ0v) is 22.3. The van der Waals surface area contributed by atoms with Crippen LogP contribution in [0.5, 0.6) is 5.75 Å². The number of thiazole rings is 1. The third-order valence-electron chi connectivity index (χ3n) is 5.47. The molecule has 0 aliphatic carbocycles. The first-order valence-corrected chi connectivity index (χ1v) is 12.0. The van der Waals surface area contributed by atoms with Gasteiger partial charge in [0.25, 0.3) is 0 Å². The molecule has 1 atom stereocenters. The summed E-state index contributed by atoms with van der Waals surface area (Å²) in [5.74, 6) is 1.65. The van der Waals surface area contributed by atoms with E-state index in [-0.39, 0.29) is 35.9 Å². The lowest BCUT2D eigenvalue weighted by Gasteiger charge is -2.31. The van der Waals surface area contributed by atoms with Crippen LogP contribution in [0.4, 0.5) is 4.39 Å². The summed E-state index contributed by atoms with van der Waals surface area (Å²) in [7, 11) is 1.77. The van der Waals surface area contributed by atoms with Crippen LogP contribution in [-0.4, -0.2) is 55.2 Å². The zero-order valence-electron chi connectivity index (χ0n) is 19.1. The van der Waals surface area contributed by atoms with E-state index in [1.165, 1.54) is 35.7 Å². The number of rotatable bonds is 9. The Morgan fingerprint density at radius 1 is 1.34 bits per heavy atom. The van der Waals surface area contributed by atoms with Crippen molar-refractivity contribution in [2.24, 2.45) is 10.9 Å². The molecule has 2 N–H and O–H groups in total. The van der Waals surface area contributed by atoms with E-state index in [9.17, 15) is 4.39 Å². The predicted molar refractivity (Wildman–Crippen MR) is 141 cm³/mol. The minimum Gasteiger partial charge on any atom is -0.489 e. The summed E-state index contributed by atoms with van der Waals surface area (Å²) in [5.41, 5.74) is 1.21. The van der Waals surface area contributed by atoms with E-state index in [0.717, 1.165) is 38.6 Å². The Labute approximate surface area is 212 Å². The molecule has 1 aromatic carbocycles. The van der Waals surface area contributed by atoms with Gasteiger partial charge in [0, 0.05) is 31.6 Å². The second-order valence-electron chi connectivity index (χ2n) is 8.03. The predicted octanol–water partition coefficient (Wildman–Crippen LogP) is 4.31. The first-order valence-electron chi connectivity index (χ1n) is 11.1. The highest BCUT2D eigenvalue weighted by atomic mass is 127. The second-order valence-corrected chi connectivity index (χ2v) is 8.97. The van der Waals surface area contributed by atoms with Gasteiger partial charge in [-0.25, -0.2) is 9.37 Å². The lowest BCUT2D eigenvalue weighted by Crippen LogP contribution is -2.45. The molecule has 1 aromatic heterocycles. The van der Waals surface area contributed by atoms with Gasteiger partial charge in [0.2, 0.25) is 0 Å². The number of aryl methyl sites for hydroxylation is 1. The van der Waals surface area contributed by atoms with Gasteiger partial charge in [0.1, 0.15) is 17.7 Å². The normalized spacial score (nSPS) is 16.3. The van der Waals surface area contributed by atoms with Gasteiger partial charge in [-0.2, -0.15) is 0 Å². The topological polar surface area (TPSA) is 61.8 Å². The summed E-state index contributed by atoms with van der Waals surface area (Å²) in [5, 5.41) is 10.2. The van der Waals surface area contributed by atoms with Crippen LogP contribution < -0.4 is 15.4 Å². The van der Waals surface area contributed by atoms with Crippen LogP contribution in [0.1, 0.15) is 37.4 Å². The second kappa shape index (κ2) is 13.9. The Bertz CT molecular complexity index is 841. The van der Waals surface area contributed by atoms with Gasteiger partial charge in [-0.3, -0.25) is 9.89 Å². The number of guanidine groups is 1. The van der Waals surface area contributed by atoms with Crippen LogP contribution in [-0.2, 0) is 13.0 Å². The number of halogens is 2. The molecule has 0 amide bonds. The fourth-order valence-corrected chi connectivity index (χ4v) is 4.41. The van der Waals surface area contributed by atoms with Crippen LogP contribution in [0.3, 0.4) is 0 Å². The third-order valence-corrected chi connectivity index (χ3v) is 6.51. The fraction of sp³-hybridized carbons (Fsp3) is 0.565. The van der Waals surface area contributed by atoms with Crippen LogP contribution in [0.2, 0.25) is 0 Å². The molecule has 2 aromatic rings. The summed E-state index contributed by atoms with van der Waals surface area (Å²) < 4.78 is 19.0. The lowest BCUT2D eigenvalue weighted by atomic mass is 9.97. The number of hydrogen-bond donors (Lipinski definition) is 2. The quantitative estimate of drug-likeness (QED) is 0.265. The number of nitrogens with zero attached hydrogens (tertiary/aromatic N) is 3. The van der Waals surface area contributed by atoms with Gasteiger partial charge in [-0.1, -0.05) is 13.0 Å². The minimum atomic E-state index is -0.293. The summed E-state index contributed by atoms with van der Waals surface area (Å²) in [4.78, 5) is 11.5. The lowest BCUT2D eigenvalue weighted by molar-refractivity contribution is 0.176. The monoisotopic (exact) mass is 575 g/mol. The first-order chi connectivity index (χ1) is 15.1. The number of aliphatic imine (C=N–C) groups is 1. The van der Waals surface area contributed by atoms with E-state index < -0.39 is 0 Å². The van der Waals surface area contributed by atoms with E-state index >= 15 is 0 Å². The van der Waals surface area contributed by atoms with Gasteiger partial charge in [-0.15, -0.1) is 35.3 Å². The highest BCUT2D eigenvalue weighted by Crippen LogP contribution is 2.19. The maximum atomic E-state index is 13.3.